The second-order valence-electron chi connectivity index (χ2n) is 6.75. The van der Waals surface area contributed by atoms with Crippen molar-refractivity contribution in [2.45, 2.75) is 13.1 Å². The monoisotopic (exact) mass is 434 g/mol. The normalized spacial score (nSPS) is 14.5. The summed E-state index contributed by atoms with van der Waals surface area (Å²) >= 11 is 1.45. The Morgan fingerprint density at radius 1 is 1.23 bits per heavy atom. The number of benzene rings is 1. The molecule has 11 heteroatoms. The first-order valence-corrected chi connectivity index (χ1v) is 9.86. The second-order valence-corrected chi connectivity index (χ2v) is 7.76. The van der Waals surface area contributed by atoms with Crippen LogP contribution in [0, 0.1) is 6.92 Å². The summed E-state index contributed by atoms with van der Waals surface area (Å²) < 4.78 is 38.7. The van der Waals surface area contributed by atoms with Crippen LogP contribution in [-0.4, -0.2) is 40.5 Å². The maximum atomic E-state index is 12.9. The number of nitrogens with one attached hydrogen (secondary N) is 2. The number of halogens is 3. The minimum atomic E-state index is -4.54. The zero-order chi connectivity index (χ0) is 21.3. The van der Waals surface area contributed by atoms with Crippen LogP contribution in [-0.2, 0) is 11.0 Å². The smallest absolute Gasteiger partial charge is 0.353 e. The van der Waals surface area contributed by atoms with Crippen LogP contribution < -0.4 is 15.5 Å². The number of hydrogen-bond acceptors (Lipinski definition) is 7. The highest BCUT2D eigenvalue weighted by molar-refractivity contribution is 7.18. The Hall–Kier alpha value is -3.21. The summed E-state index contributed by atoms with van der Waals surface area (Å²) in [5.41, 5.74) is 1.33. The molecule has 1 amide bonds. The number of piperazine rings is 1. The fraction of sp³-hybridized carbons (Fsp3) is 0.263. The van der Waals surface area contributed by atoms with Crippen molar-refractivity contribution in [2.75, 3.05) is 29.9 Å². The summed E-state index contributed by atoms with van der Waals surface area (Å²) in [6.07, 6.45) is -1.74. The average molecular weight is 434 g/mol. The minimum absolute atomic E-state index is 0.0406. The van der Waals surface area contributed by atoms with E-state index in [1.54, 1.807) is 18.3 Å². The van der Waals surface area contributed by atoms with Crippen LogP contribution in [0.4, 0.5) is 29.9 Å². The molecule has 3 aromatic rings. The summed E-state index contributed by atoms with van der Waals surface area (Å²) in [4.78, 5) is 26.2. The van der Waals surface area contributed by atoms with E-state index in [0.717, 1.165) is 33.4 Å². The van der Waals surface area contributed by atoms with E-state index in [0.29, 0.717) is 18.8 Å². The summed E-state index contributed by atoms with van der Waals surface area (Å²) in [7, 11) is 0. The summed E-state index contributed by atoms with van der Waals surface area (Å²) in [5.74, 6) is -0.174. The average Bonchev–Trinajstić information content (AvgIpc) is 3.17. The van der Waals surface area contributed by atoms with Gasteiger partial charge >= 0.3 is 6.18 Å². The minimum Gasteiger partial charge on any atom is -0.353 e. The Bertz CT molecular complexity index is 1080. The van der Waals surface area contributed by atoms with Gasteiger partial charge in [0.2, 0.25) is 11.9 Å². The number of aromatic nitrogens is 3. The first-order valence-electron chi connectivity index (χ1n) is 9.05. The van der Waals surface area contributed by atoms with Crippen molar-refractivity contribution in [3.05, 3.63) is 47.9 Å². The van der Waals surface area contributed by atoms with Crippen LogP contribution in [0.5, 0.6) is 0 Å². The first-order chi connectivity index (χ1) is 14.3. The largest absolute Gasteiger partial charge is 0.433 e. The van der Waals surface area contributed by atoms with Gasteiger partial charge in [-0.2, -0.15) is 13.2 Å². The van der Waals surface area contributed by atoms with Crippen molar-refractivity contribution < 1.29 is 18.0 Å². The third-order valence-electron chi connectivity index (χ3n) is 4.37. The van der Waals surface area contributed by atoms with Crippen molar-refractivity contribution >= 4 is 34.0 Å². The molecule has 0 saturated carbocycles. The molecule has 1 fully saturated rings. The molecule has 0 bridgehead atoms. The molecular formula is C19H17F3N6OS. The van der Waals surface area contributed by atoms with Crippen LogP contribution in [0.3, 0.4) is 0 Å². The fourth-order valence-electron chi connectivity index (χ4n) is 3.05. The van der Waals surface area contributed by atoms with E-state index in [-0.39, 0.29) is 18.4 Å². The SMILES string of the molecule is Cc1cc(Nc2nccc(C(F)(F)F)n2)cc(-c2cnc(N3CCNC(=O)C3)s2)c1. The highest BCUT2D eigenvalue weighted by atomic mass is 32.1. The first kappa shape index (κ1) is 20.1. The third kappa shape index (κ3) is 4.51. The van der Waals surface area contributed by atoms with Crippen molar-refractivity contribution in [1.82, 2.24) is 20.3 Å². The van der Waals surface area contributed by atoms with E-state index in [2.05, 4.69) is 25.6 Å². The van der Waals surface area contributed by atoms with Gasteiger partial charge in [-0.15, -0.1) is 0 Å². The molecule has 30 heavy (non-hydrogen) atoms. The Kier molecular flexibility index (Phi) is 5.29. The number of anilines is 3. The number of aryl methyl sites for hydroxylation is 1. The van der Waals surface area contributed by atoms with Crippen LogP contribution in [0.25, 0.3) is 10.4 Å². The number of thiazole rings is 1. The van der Waals surface area contributed by atoms with Gasteiger partial charge in [0.25, 0.3) is 0 Å². The van der Waals surface area contributed by atoms with E-state index >= 15 is 0 Å². The highest BCUT2D eigenvalue weighted by Gasteiger charge is 2.32. The summed E-state index contributed by atoms with van der Waals surface area (Å²) in [6.45, 7) is 3.41. The van der Waals surface area contributed by atoms with Crippen molar-refractivity contribution in [1.29, 1.82) is 0 Å². The Morgan fingerprint density at radius 3 is 2.83 bits per heavy atom. The molecule has 1 aromatic carbocycles. The molecule has 7 nitrogen and oxygen atoms in total. The molecule has 1 saturated heterocycles. The van der Waals surface area contributed by atoms with E-state index in [1.807, 2.05) is 17.9 Å². The van der Waals surface area contributed by atoms with Gasteiger partial charge in [0, 0.05) is 31.2 Å². The molecule has 0 atom stereocenters. The van der Waals surface area contributed by atoms with Crippen LogP contribution in [0.15, 0.2) is 36.7 Å². The molecule has 3 heterocycles. The van der Waals surface area contributed by atoms with E-state index in [4.69, 9.17) is 0 Å². The van der Waals surface area contributed by atoms with Crippen LogP contribution in [0.2, 0.25) is 0 Å². The van der Waals surface area contributed by atoms with Gasteiger partial charge in [-0.05, 0) is 36.2 Å². The fourth-order valence-corrected chi connectivity index (χ4v) is 3.98. The lowest BCUT2D eigenvalue weighted by Crippen LogP contribution is -2.47. The van der Waals surface area contributed by atoms with Crippen molar-refractivity contribution in [3.8, 4) is 10.4 Å². The lowest BCUT2D eigenvalue weighted by Gasteiger charge is -2.25. The van der Waals surface area contributed by atoms with E-state index < -0.39 is 11.9 Å². The molecule has 156 valence electrons. The molecule has 1 aliphatic heterocycles. The molecule has 0 unspecified atom stereocenters. The Balaban J connectivity index is 1.58. The van der Waals surface area contributed by atoms with Gasteiger partial charge in [-0.1, -0.05) is 17.4 Å². The second kappa shape index (κ2) is 7.90. The number of carbonyl (C=O) groups is 1. The number of carbonyl (C=O) groups excluding carboxylic acids is 1. The molecule has 4 rings (SSSR count). The lowest BCUT2D eigenvalue weighted by atomic mass is 10.1. The van der Waals surface area contributed by atoms with Gasteiger partial charge in [0.05, 0.1) is 11.4 Å². The lowest BCUT2D eigenvalue weighted by molar-refractivity contribution is -0.141. The number of rotatable bonds is 4. The van der Waals surface area contributed by atoms with Gasteiger partial charge in [-0.25, -0.2) is 15.0 Å². The maximum absolute atomic E-state index is 12.9. The predicted octanol–water partition coefficient (Wildman–Crippen LogP) is 3.61. The van der Waals surface area contributed by atoms with Crippen LogP contribution in [0.1, 0.15) is 11.3 Å². The molecule has 0 radical (unpaired) electrons. The predicted molar refractivity (Wildman–Crippen MR) is 108 cm³/mol. The van der Waals surface area contributed by atoms with Crippen molar-refractivity contribution in [3.63, 3.8) is 0 Å². The quantitative estimate of drug-likeness (QED) is 0.653. The van der Waals surface area contributed by atoms with E-state index in [9.17, 15) is 18.0 Å². The molecule has 2 N–H and O–H groups in total. The van der Waals surface area contributed by atoms with Gasteiger partial charge in [-0.3, -0.25) is 4.79 Å². The number of amides is 1. The zero-order valence-electron chi connectivity index (χ0n) is 15.8. The number of alkyl halides is 3. The molecule has 0 spiro atoms. The molecule has 1 aliphatic rings. The summed E-state index contributed by atoms with van der Waals surface area (Å²) in [5, 5.41) is 6.37. The Labute approximate surface area is 174 Å². The van der Waals surface area contributed by atoms with Crippen molar-refractivity contribution in [2.24, 2.45) is 0 Å². The highest BCUT2D eigenvalue weighted by Crippen LogP contribution is 2.34. The van der Waals surface area contributed by atoms with Gasteiger partial charge in [0.15, 0.2) is 5.13 Å². The third-order valence-corrected chi connectivity index (χ3v) is 5.47. The standard InChI is InChI=1S/C19H17F3N6OS/c1-11-6-12(14-9-25-18(30-14)28-5-4-23-16(29)10-28)8-13(7-11)26-17-24-3-2-15(27-17)19(20,21)22/h2-3,6-9H,4-5,10H2,1H3,(H,23,29)(H,24,26,27). The van der Waals surface area contributed by atoms with Crippen LogP contribution >= 0.6 is 11.3 Å². The molecular weight excluding hydrogens is 417 g/mol. The number of nitrogens with zero attached hydrogens (tertiary/aromatic N) is 4. The summed E-state index contributed by atoms with van der Waals surface area (Å²) in [6, 6.07) is 6.38. The molecule has 0 aliphatic carbocycles. The van der Waals surface area contributed by atoms with E-state index in [1.165, 1.54) is 11.3 Å². The van der Waals surface area contributed by atoms with Gasteiger partial charge < -0.3 is 15.5 Å². The maximum Gasteiger partial charge on any atom is 0.433 e. The number of hydrogen-bond donors (Lipinski definition) is 2. The molecule has 2 aromatic heterocycles. The Morgan fingerprint density at radius 2 is 2.07 bits per heavy atom. The topological polar surface area (TPSA) is 83.0 Å². The van der Waals surface area contributed by atoms with Gasteiger partial charge in [0.1, 0.15) is 5.69 Å². The zero-order valence-corrected chi connectivity index (χ0v) is 16.6.